The lowest BCUT2D eigenvalue weighted by atomic mass is 9.90. The zero-order chi connectivity index (χ0) is 10.9. The van der Waals surface area contributed by atoms with E-state index in [4.69, 9.17) is 0 Å². The van der Waals surface area contributed by atoms with Crippen LogP contribution >= 0.6 is 0 Å². The molecule has 1 aliphatic carbocycles. The Kier molecular flexibility index (Phi) is 6.05. The summed E-state index contributed by atoms with van der Waals surface area (Å²) in [5, 5.41) is 4.02. The van der Waals surface area contributed by atoms with E-state index in [2.05, 4.69) is 17.5 Å². The third-order valence-electron chi connectivity index (χ3n) is 2.88. The maximum Gasteiger partial charge on any atom is 0.240 e. The van der Waals surface area contributed by atoms with Crippen molar-refractivity contribution in [3.8, 4) is 0 Å². The SMILES string of the molecule is CCCCC(=O)NN=CC1CCCCC1. The summed E-state index contributed by atoms with van der Waals surface area (Å²) in [4.78, 5) is 11.2. The first-order chi connectivity index (χ1) is 7.33. The highest BCUT2D eigenvalue weighted by Gasteiger charge is 2.10. The normalized spacial score (nSPS) is 18.2. The number of nitrogens with zero attached hydrogens (tertiary/aromatic N) is 1. The third kappa shape index (κ3) is 5.55. The van der Waals surface area contributed by atoms with E-state index in [0.29, 0.717) is 12.3 Å². The lowest BCUT2D eigenvalue weighted by molar-refractivity contribution is -0.121. The number of unbranched alkanes of at least 4 members (excludes halogenated alkanes) is 1. The maximum absolute atomic E-state index is 11.2. The Balaban J connectivity index is 2.11. The molecule has 1 amide bonds. The van der Waals surface area contributed by atoms with Gasteiger partial charge in [0.05, 0.1) is 0 Å². The molecule has 0 aromatic rings. The van der Waals surface area contributed by atoms with Gasteiger partial charge in [-0.25, -0.2) is 5.43 Å². The fourth-order valence-corrected chi connectivity index (χ4v) is 1.89. The number of hydrazone groups is 1. The molecule has 3 heteroatoms. The number of amides is 1. The second kappa shape index (κ2) is 7.43. The van der Waals surface area contributed by atoms with Crippen LogP contribution in [0.4, 0.5) is 0 Å². The van der Waals surface area contributed by atoms with Crippen LogP contribution in [0.2, 0.25) is 0 Å². The largest absolute Gasteiger partial charge is 0.273 e. The van der Waals surface area contributed by atoms with E-state index in [1.807, 2.05) is 6.21 Å². The first-order valence-corrected chi connectivity index (χ1v) is 6.15. The van der Waals surface area contributed by atoms with Crippen LogP contribution in [0.5, 0.6) is 0 Å². The molecular formula is C12H22N2O. The molecule has 0 aliphatic heterocycles. The summed E-state index contributed by atoms with van der Waals surface area (Å²) < 4.78 is 0. The van der Waals surface area contributed by atoms with Crippen LogP contribution in [-0.2, 0) is 4.79 Å². The van der Waals surface area contributed by atoms with Crippen molar-refractivity contribution in [1.29, 1.82) is 0 Å². The van der Waals surface area contributed by atoms with Crippen LogP contribution in [-0.4, -0.2) is 12.1 Å². The fraction of sp³-hybridized carbons (Fsp3) is 0.833. The molecule has 0 unspecified atom stereocenters. The van der Waals surface area contributed by atoms with Crippen molar-refractivity contribution in [3.63, 3.8) is 0 Å². The Bertz CT molecular complexity index is 208. The molecular weight excluding hydrogens is 188 g/mol. The Morgan fingerprint density at radius 3 is 2.80 bits per heavy atom. The van der Waals surface area contributed by atoms with Crippen molar-refractivity contribution in [2.24, 2.45) is 11.0 Å². The van der Waals surface area contributed by atoms with Gasteiger partial charge in [0.15, 0.2) is 0 Å². The van der Waals surface area contributed by atoms with Gasteiger partial charge in [-0.15, -0.1) is 0 Å². The van der Waals surface area contributed by atoms with Crippen molar-refractivity contribution in [1.82, 2.24) is 5.43 Å². The predicted molar refractivity (Wildman–Crippen MR) is 62.7 cm³/mol. The number of carbonyl (C=O) groups is 1. The van der Waals surface area contributed by atoms with Crippen LogP contribution in [0.3, 0.4) is 0 Å². The molecule has 0 aromatic carbocycles. The third-order valence-corrected chi connectivity index (χ3v) is 2.88. The second-order valence-corrected chi connectivity index (χ2v) is 4.31. The molecule has 86 valence electrons. The van der Waals surface area contributed by atoms with Crippen molar-refractivity contribution < 1.29 is 4.79 Å². The number of nitrogens with one attached hydrogen (secondary N) is 1. The zero-order valence-corrected chi connectivity index (χ0v) is 9.67. The minimum Gasteiger partial charge on any atom is -0.273 e. The van der Waals surface area contributed by atoms with Crippen molar-refractivity contribution in [3.05, 3.63) is 0 Å². The van der Waals surface area contributed by atoms with Crippen molar-refractivity contribution in [2.75, 3.05) is 0 Å². The maximum atomic E-state index is 11.2. The molecule has 0 aromatic heterocycles. The summed E-state index contributed by atoms with van der Waals surface area (Å²) in [6.07, 6.45) is 10.9. The van der Waals surface area contributed by atoms with E-state index in [1.165, 1.54) is 32.1 Å². The molecule has 1 N–H and O–H groups in total. The van der Waals surface area contributed by atoms with Crippen molar-refractivity contribution in [2.45, 2.75) is 58.3 Å². The van der Waals surface area contributed by atoms with Gasteiger partial charge in [-0.2, -0.15) is 5.10 Å². The van der Waals surface area contributed by atoms with Crippen LogP contribution in [0.1, 0.15) is 58.3 Å². The van der Waals surface area contributed by atoms with Gasteiger partial charge in [0, 0.05) is 12.6 Å². The molecule has 1 saturated carbocycles. The molecule has 0 spiro atoms. The van der Waals surface area contributed by atoms with Gasteiger partial charge in [-0.3, -0.25) is 4.79 Å². The smallest absolute Gasteiger partial charge is 0.240 e. The molecule has 0 heterocycles. The molecule has 0 radical (unpaired) electrons. The molecule has 1 aliphatic rings. The van der Waals surface area contributed by atoms with Gasteiger partial charge in [-0.1, -0.05) is 32.6 Å². The highest BCUT2D eigenvalue weighted by molar-refractivity contribution is 5.76. The minimum absolute atomic E-state index is 0.0453. The van der Waals surface area contributed by atoms with Gasteiger partial charge in [0.1, 0.15) is 0 Å². The van der Waals surface area contributed by atoms with Crippen LogP contribution in [0.15, 0.2) is 5.10 Å². The molecule has 3 nitrogen and oxygen atoms in total. The average molecular weight is 210 g/mol. The first-order valence-electron chi connectivity index (χ1n) is 6.15. The molecule has 0 bridgehead atoms. The first kappa shape index (κ1) is 12.2. The summed E-state index contributed by atoms with van der Waals surface area (Å²) in [5.41, 5.74) is 2.60. The molecule has 1 fully saturated rings. The Morgan fingerprint density at radius 2 is 2.13 bits per heavy atom. The summed E-state index contributed by atoms with van der Waals surface area (Å²) >= 11 is 0. The van der Waals surface area contributed by atoms with Gasteiger partial charge >= 0.3 is 0 Å². The van der Waals surface area contributed by atoms with Crippen LogP contribution < -0.4 is 5.43 Å². The minimum atomic E-state index is 0.0453. The predicted octanol–water partition coefficient (Wildman–Crippen LogP) is 2.86. The highest BCUT2D eigenvalue weighted by Crippen LogP contribution is 2.21. The standard InChI is InChI=1S/C12H22N2O/c1-2-3-9-12(15)14-13-10-11-7-5-4-6-8-11/h10-11H,2-9H2,1H3,(H,14,15). The summed E-state index contributed by atoms with van der Waals surface area (Å²) in [6, 6.07) is 0. The molecule has 15 heavy (non-hydrogen) atoms. The lowest BCUT2D eigenvalue weighted by Gasteiger charge is -2.16. The quantitative estimate of drug-likeness (QED) is 0.550. The van der Waals surface area contributed by atoms with Gasteiger partial charge in [-0.05, 0) is 25.2 Å². The Morgan fingerprint density at radius 1 is 1.40 bits per heavy atom. The number of hydrogen-bond acceptors (Lipinski definition) is 2. The highest BCUT2D eigenvalue weighted by atomic mass is 16.2. The average Bonchev–Trinajstić information content (AvgIpc) is 2.28. The van der Waals surface area contributed by atoms with E-state index >= 15 is 0 Å². The molecule has 0 saturated heterocycles. The Hall–Kier alpha value is -0.860. The van der Waals surface area contributed by atoms with E-state index < -0.39 is 0 Å². The summed E-state index contributed by atoms with van der Waals surface area (Å²) in [7, 11) is 0. The van der Waals surface area contributed by atoms with E-state index in [-0.39, 0.29) is 5.91 Å². The van der Waals surface area contributed by atoms with Gasteiger partial charge in [0.2, 0.25) is 5.91 Å². The molecule has 0 atom stereocenters. The van der Waals surface area contributed by atoms with E-state index in [9.17, 15) is 4.79 Å². The van der Waals surface area contributed by atoms with Gasteiger partial charge in [0.25, 0.3) is 0 Å². The zero-order valence-electron chi connectivity index (χ0n) is 9.67. The monoisotopic (exact) mass is 210 g/mol. The van der Waals surface area contributed by atoms with Crippen LogP contribution in [0, 0.1) is 5.92 Å². The van der Waals surface area contributed by atoms with E-state index in [1.54, 1.807) is 0 Å². The van der Waals surface area contributed by atoms with E-state index in [0.717, 1.165) is 12.8 Å². The number of carbonyl (C=O) groups excluding carboxylic acids is 1. The molecule has 1 rings (SSSR count). The number of rotatable bonds is 5. The summed E-state index contributed by atoms with van der Waals surface area (Å²) in [6.45, 7) is 2.08. The van der Waals surface area contributed by atoms with Crippen LogP contribution in [0.25, 0.3) is 0 Å². The van der Waals surface area contributed by atoms with Gasteiger partial charge < -0.3 is 0 Å². The fourth-order valence-electron chi connectivity index (χ4n) is 1.89. The lowest BCUT2D eigenvalue weighted by Crippen LogP contribution is -2.18. The second-order valence-electron chi connectivity index (χ2n) is 4.31. The number of hydrogen-bond donors (Lipinski definition) is 1. The summed E-state index contributed by atoms with van der Waals surface area (Å²) in [5.74, 6) is 0.633. The Labute approximate surface area is 92.3 Å². The van der Waals surface area contributed by atoms with Crippen molar-refractivity contribution >= 4 is 12.1 Å². The topological polar surface area (TPSA) is 41.5 Å².